The Balaban J connectivity index is 1.87. The molecule has 5 nitrogen and oxygen atoms in total. The Labute approximate surface area is 149 Å². The number of sulfone groups is 1. The zero-order valence-electron chi connectivity index (χ0n) is 13.9. The second kappa shape index (κ2) is 8.18. The summed E-state index contributed by atoms with van der Waals surface area (Å²) in [5.74, 6) is -4.35. The first-order chi connectivity index (χ1) is 12.2. The standard InChI is InChI=1S/C18H16F2O5S/c1-12-2-5-14(6-3-12)26(23,24)9-8-18(22)25-11-17(21)13-4-7-15(19)16(20)10-13/h2-7,10H,8-9,11H2,1H3. The molecule has 0 N–H and O–H groups in total. The van der Waals surface area contributed by atoms with E-state index in [4.69, 9.17) is 4.74 Å². The zero-order valence-corrected chi connectivity index (χ0v) is 14.7. The fourth-order valence-electron chi connectivity index (χ4n) is 2.05. The van der Waals surface area contributed by atoms with Crippen molar-refractivity contribution in [1.29, 1.82) is 0 Å². The summed E-state index contributed by atoms with van der Waals surface area (Å²) < 4.78 is 54.9. The number of ketones is 1. The van der Waals surface area contributed by atoms with E-state index in [1.54, 1.807) is 12.1 Å². The summed E-state index contributed by atoms with van der Waals surface area (Å²) in [4.78, 5) is 23.5. The normalized spacial score (nSPS) is 11.2. The van der Waals surface area contributed by atoms with Crippen LogP contribution in [-0.4, -0.2) is 32.5 Å². The molecule has 2 aromatic carbocycles. The lowest BCUT2D eigenvalue weighted by Gasteiger charge is -2.06. The first-order valence-corrected chi connectivity index (χ1v) is 9.27. The van der Waals surface area contributed by atoms with Gasteiger partial charge in [0, 0.05) is 5.56 Å². The van der Waals surface area contributed by atoms with Crippen LogP contribution in [0.1, 0.15) is 22.3 Å². The number of esters is 1. The molecule has 0 unspecified atom stereocenters. The third-order valence-corrected chi connectivity index (χ3v) is 5.29. The zero-order chi connectivity index (χ0) is 19.3. The number of carbonyl (C=O) groups excluding carboxylic acids is 2. The van der Waals surface area contributed by atoms with Crippen molar-refractivity contribution in [3.8, 4) is 0 Å². The molecule has 138 valence electrons. The molecule has 0 aliphatic rings. The SMILES string of the molecule is Cc1ccc(S(=O)(=O)CCC(=O)OCC(=O)c2ccc(F)c(F)c2)cc1. The Morgan fingerprint density at radius 3 is 2.27 bits per heavy atom. The summed E-state index contributed by atoms with van der Waals surface area (Å²) in [5, 5.41) is 0. The van der Waals surface area contributed by atoms with Gasteiger partial charge in [0.1, 0.15) is 0 Å². The van der Waals surface area contributed by atoms with Crippen molar-refractivity contribution in [2.24, 2.45) is 0 Å². The van der Waals surface area contributed by atoms with E-state index in [1.807, 2.05) is 6.92 Å². The van der Waals surface area contributed by atoms with Crippen LogP contribution in [0.15, 0.2) is 47.4 Å². The Bertz CT molecular complexity index is 921. The monoisotopic (exact) mass is 382 g/mol. The molecule has 0 fully saturated rings. The largest absolute Gasteiger partial charge is 0.457 e. The quantitative estimate of drug-likeness (QED) is 0.544. The molecule has 0 saturated carbocycles. The van der Waals surface area contributed by atoms with Crippen LogP contribution in [0, 0.1) is 18.6 Å². The van der Waals surface area contributed by atoms with Crippen LogP contribution < -0.4 is 0 Å². The molecule has 2 aromatic rings. The van der Waals surface area contributed by atoms with Gasteiger partial charge in [-0.25, -0.2) is 17.2 Å². The van der Waals surface area contributed by atoms with Crippen LogP contribution in [-0.2, 0) is 19.4 Å². The van der Waals surface area contributed by atoms with Crippen molar-refractivity contribution >= 4 is 21.6 Å². The molecule has 26 heavy (non-hydrogen) atoms. The van der Waals surface area contributed by atoms with E-state index in [0.717, 1.165) is 17.7 Å². The number of hydrogen-bond acceptors (Lipinski definition) is 5. The lowest BCUT2D eigenvalue weighted by atomic mass is 10.1. The van der Waals surface area contributed by atoms with Gasteiger partial charge in [-0.2, -0.15) is 0 Å². The lowest BCUT2D eigenvalue weighted by Crippen LogP contribution is -2.17. The summed E-state index contributed by atoms with van der Waals surface area (Å²) >= 11 is 0. The third kappa shape index (κ3) is 5.19. The molecule has 8 heteroatoms. The summed E-state index contributed by atoms with van der Waals surface area (Å²) in [5.41, 5.74) is 0.753. The maximum atomic E-state index is 13.1. The molecule has 0 radical (unpaired) electrons. The van der Waals surface area contributed by atoms with Gasteiger partial charge in [0.25, 0.3) is 0 Å². The molecule has 0 heterocycles. The van der Waals surface area contributed by atoms with Crippen LogP contribution in [0.5, 0.6) is 0 Å². The van der Waals surface area contributed by atoms with Crippen LogP contribution in [0.3, 0.4) is 0 Å². The van der Waals surface area contributed by atoms with Gasteiger partial charge in [0.2, 0.25) is 0 Å². The molecule has 0 atom stereocenters. The average Bonchev–Trinajstić information content (AvgIpc) is 2.60. The van der Waals surface area contributed by atoms with Crippen molar-refractivity contribution in [3.05, 3.63) is 65.2 Å². The Kier molecular flexibility index (Phi) is 6.20. The minimum atomic E-state index is -3.65. The van der Waals surface area contributed by atoms with Crippen molar-refractivity contribution in [3.63, 3.8) is 0 Å². The number of hydrogen-bond donors (Lipinski definition) is 0. The van der Waals surface area contributed by atoms with Crippen molar-refractivity contribution in [2.75, 3.05) is 12.4 Å². The molecule has 0 aromatic heterocycles. The van der Waals surface area contributed by atoms with Gasteiger partial charge in [-0.3, -0.25) is 9.59 Å². The molecule has 0 amide bonds. The highest BCUT2D eigenvalue weighted by Gasteiger charge is 2.18. The highest BCUT2D eigenvalue weighted by atomic mass is 32.2. The van der Waals surface area contributed by atoms with Gasteiger partial charge in [0.05, 0.1) is 17.1 Å². The van der Waals surface area contributed by atoms with Crippen LogP contribution in [0.4, 0.5) is 8.78 Å². The lowest BCUT2D eigenvalue weighted by molar-refractivity contribution is -0.142. The smallest absolute Gasteiger partial charge is 0.307 e. The van der Waals surface area contributed by atoms with Gasteiger partial charge in [-0.1, -0.05) is 17.7 Å². The van der Waals surface area contributed by atoms with Crippen molar-refractivity contribution < 1.29 is 31.5 Å². The van der Waals surface area contributed by atoms with Crippen LogP contribution in [0.25, 0.3) is 0 Å². The van der Waals surface area contributed by atoms with E-state index in [9.17, 15) is 26.8 Å². The minimum absolute atomic E-state index is 0.0914. The van der Waals surface area contributed by atoms with Crippen molar-refractivity contribution in [2.45, 2.75) is 18.2 Å². The summed E-state index contributed by atoms with van der Waals surface area (Å²) in [7, 11) is -3.65. The fraction of sp³-hybridized carbons (Fsp3) is 0.222. The predicted molar refractivity (Wildman–Crippen MR) is 89.5 cm³/mol. The molecular formula is C18H16F2O5S. The van der Waals surface area contributed by atoms with E-state index >= 15 is 0 Å². The van der Waals surface area contributed by atoms with Crippen molar-refractivity contribution in [1.82, 2.24) is 0 Å². The number of halogens is 2. The topological polar surface area (TPSA) is 77.5 Å². The Hall–Kier alpha value is -2.61. The molecule has 0 aliphatic heterocycles. The molecular weight excluding hydrogens is 366 g/mol. The van der Waals surface area contributed by atoms with Gasteiger partial charge in [-0.15, -0.1) is 0 Å². The van der Waals surface area contributed by atoms with Gasteiger partial charge >= 0.3 is 5.97 Å². The fourth-order valence-corrected chi connectivity index (χ4v) is 3.27. The maximum absolute atomic E-state index is 13.1. The minimum Gasteiger partial charge on any atom is -0.457 e. The Morgan fingerprint density at radius 1 is 1.00 bits per heavy atom. The summed E-state index contributed by atoms with van der Waals surface area (Å²) in [6.45, 7) is 1.13. The number of ether oxygens (including phenoxy) is 1. The first-order valence-electron chi connectivity index (χ1n) is 7.62. The highest BCUT2D eigenvalue weighted by molar-refractivity contribution is 7.91. The van der Waals surface area contributed by atoms with E-state index < -0.39 is 52.0 Å². The molecule has 0 aliphatic carbocycles. The highest BCUT2D eigenvalue weighted by Crippen LogP contribution is 2.14. The van der Waals surface area contributed by atoms with Gasteiger partial charge in [0.15, 0.2) is 33.9 Å². The van der Waals surface area contributed by atoms with Crippen LogP contribution >= 0.6 is 0 Å². The second-order valence-electron chi connectivity index (χ2n) is 5.59. The van der Waals surface area contributed by atoms with E-state index in [1.165, 1.54) is 12.1 Å². The van der Waals surface area contributed by atoms with E-state index in [-0.39, 0.29) is 10.5 Å². The Morgan fingerprint density at radius 2 is 1.65 bits per heavy atom. The maximum Gasteiger partial charge on any atom is 0.307 e. The molecule has 0 spiro atoms. The average molecular weight is 382 g/mol. The van der Waals surface area contributed by atoms with E-state index in [0.29, 0.717) is 6.07 Å². The number of rotatable bonds is 7. The number of benzene rings is 2. The molecule has 2 rings (SSSR count). The van der Waals surface area contributed by atoms with Crippen LogP contribution in [0.2, 0.25) is 0 Å². The van der Waals surface area contributed by atoms with Gasteiger partial charge < -0.3 is 4.74 Å². The second-order valence-corrected chi connectivity index (χ2v) is 7.70. The molecule has 0 bridgehead atoms. The number of carbonyl (C=O) groups is 2. The predicted octanol–water partition coefficient (Wildman–Crippen LogP) is 2.86. The molecule has 0 saturated heterocycles. The first kappa shape index (κ1) is 19.7. The summed E-state index contributed by atoms with van der Waals surface area (Å²) in [6, 6.07) is 8.74. The van der Waals surface area contributed by atoms with Gasteiger partial charge in [-0.05, 0) is 37.3 Å². The number of aryl methyl sites for hydroxylation is 1. The summed E-state index contributed by atoms with van der Waals surface area (Å²) in [6.07, 6.45) is -0.429. The van der Waals surface area contributed by atoms with E-state index in [2.05, 4.69) is 0 Å². The number of Topliss-reactive ketones (excluding diaryl/α,β-unsaturated/α-hetero) is 1. The third-order valence-electron chi connectivity index (χ3n) is 3.56.